The summed E-state index contributed by atoms with van der Waals surface area (Å²) in [5.74, 6) is 4.63. The van der Waals surface area contributed by atoms with Crippen LogP contribution in [-0.4, -0.2) is 36.8 Å². The standard InChI is InChI=1S/C16H27NOS/c1-3-11-19-12-10-17-14-13-15(18-4-2)16(14)8-6-5-7-9-16/h1,14-15,17H,4-13H2,2H3. The Labute approximate surface area is 122 Å². The zero-order valence-corrected chi connectivity index (χ0v) is 12.9. The van der Waals surface area contributed by atoms with Gasteiger partial charge in [0.05, 0.1) is 11.9 Å². The van der Waals surface area contributed by atoms with Gasteiger partial charge in [-0.15, -0.1) is 18.2 Å². The van der Waals surface area contributed by atoms with E-state index in [9.17, 15) is 0 Å². The summed E-state index contributed by atoms with van der Waals surface area (Å²) in [6.07, 6.45) is 13.9. The average Bonchev–Trinajstić information content (AvgIpc) is 2.46. The highest BCUT2D eigenvalue weighted by Crippen LogP contribution is 2.53. The van der Waals surface area contributed by atoms with Crippen LogP contribution in [0, 0.1) is 17.8 Å². The van der Waals surface area contributed by atoms with Crippen LogP contribution >= 0.6 is 11.8 Å². The molecular formula is C16H27NOS. The van der Waals surface area contributed by atoms with E-state index in [2.05, 4.69) is 18.2 Å². The number of rotatable bonds is 7. The van der Waals surface area contributed by atoms with Crippen LogP contribution in [-0.2, 0) is 4.74 Å². The molecular weight excluding hydrogens is 254 g/mol. The van der Waals surface area contributed by atoms with E-state index in [1.165, 1.54) is 38.5 Å². The van der Waals surface area contributed by atoms with E-state index in [0.29, 0.717) is 17.6 Å². The van der Waals surface area contributed by atoms with Crippen molar-refractivity contribution in [2.45, 2.75) is 57.6 Å². The molecule has 2 nitrogen and oxygen atoms in total. The maximum atomic E-state index is 5.97. The first kappa shape index (κ1) is 15.2. The van der Waals surface area contributed by atoms with Crippen LogP contribution in [0.15, 0.2) is 0 Å². The van der Waals surface area contributed by atoms with Crippen molar-refractivity contribution < 1.29 is 4.74 Å². The molecule has 2 aliphatic rings. The zero-order valence-electron chi connectivity index (χ0n) is 12.1. The molecule has 0 bridgehead atoms. The van der Waals surface area contributed by atoms with Crippen LogP contribution < -0.4 is 5.32 Å². The molecule has 2 atom stereocenters. The van der Waals surface area contributed by atoms with Crippen molar-refractivity contribution >= 4 is 11.8 Å². The molecule has 0 aliphatic heterocycles. The first-order valence-electron chi connectivity index (χ1n) is 7.69. The van der Waals surface area contributed by atoms with Gasteiger partial charge in [-0.1, -0.05) is 25.2 Å². The highest BCUT2D eigenvalue weighted by molar-refractivity contribution is 7.99. The van der Waals surface area contributed by atoms with Crippen LogP contribution in [0.4, 0.5) is 0 Å². The van der Waals surface area contributed by atoms with Gasteiger partial charge in [0, 0.05) is 30.4 Å². The normalized spacial score (nSPS) is 28.8. The van der Waals surface area contributed by atoms with E-state index < -0.39 is 0 Å². The van der Waals surface area contributed by atoms with Gasteiger partial charge in [-0.3, -0.25) is 0 Å². The Bertz CT molecular complexity index is 306. The van der Waals surface area contributed by atoms with E-state index >= 15 is 0 Å². The molecule has 2 unspecified atom stereocenters. The lowest BCUT2D eigenvalue weighted by Crippen LogP contribution is -2.64. The zero-order chi connectivity index (χ0) is 13.6. The summed E-state index contributed by atoms with van der Waals surface area (Å²) in [5, 5.41) is 3.76. The highest BCUT2D eigenvalue weighted by atomic mass is 32.2. The third-order valence-electron chi connectivity index (χ3n) is 4.76. The van der Waals surface area contributed by atoms with E-state index in [4.69, 9.17) is 11.2 Å². The maximum Gasteiger partial charge on any atom is 0.0661 e. The topological polar surface area (TPSA) is 21.3 Å². The Hall–Kier alpha value is -0.170. The monoisotopic (exact) mass is 281 g/mol. The minimum atomic E-state index is 0.449. The number of thioether (sulfide) groups is 1. The van der Waals surface area contributed by atoms with Crippen LogP contribution in [0.25, 0.3) is 0 Å². The molecule has 2 rings (SSSR count). The summed E-state index contributed by atoms with van der Waals surface area (Å²) in [6.45, 7) is 4.06. The van der Waals surface area contributed by atoms with Gasteiger partial charge < -0.3 is 10.1 Å². The Balaban J connectivity index is 1.78. The summed E-state index contributed by atoms with van der Waals surface area (Å²) >= 11 is 1.85. The summed E-state index contributed by atoms with van der Waals surface area (Å²) in [4.78, 5) is 0. The largest absolute Gasteiger partial charge is 0.378 e. The summed E-state index contributed by atoms with van der Waals surface area (Å²) in [6, 6.07) is 0.677. The van der Waals surface area contributed by atoms with Gasteiger partial charge in [0.2, 0.25) is 0 Å². The van der Waals surface area contributed by atoms with E-state index in [-0.39, 0.29) is 0 Å². The first-order valence-corrected chi connectivity index (χ1v) is 8.85. The lowest BCUT2D eigenvalue weighted by molar-refractivity contribution is -0.149. The predicted molar refractivity (Wildman–Crippen MR) is 83.5 cm³/mol. The Morgan fingerprint density at radius 1 is 1.37 bits per heavy atom. The van der Waals surface area contributed by atoms with Gasteiger partial charge in [-0.05, 0) is 26.2 Å². The number of hydrogen-bond donors (Lipinski definition) is 1. The summed E-state index contributed by atoms with van der Waals surface area (Å²) in [7, 11) is 0. The van der Waals surface area contributed by atoms with Crippen molar-refractivity contribution in [3.05, 3.63) is 0 Å². The molecule has 0 saturated heterocycles. The molecule has 0 aromatic rings. The SMILES string of the molecule is C#CCSCCNC1CC(OCC)C12CCCCC2. The Morgan fingerprint density at radius 3 is 2.84 bits per heavy atom. The maximum absolute atomic E-state index is 5.97. The lowest BCUT2D eigenvalue weighted by Gasteiger charge is -2.58. The summed E-state index contributed by atoms with van der Waals surface area (Å²) < 4.78 is 5.97. The molecule has 0 aromatic heterocycles. The summed E-state index contributed by atoms with van der Waals surface area (Å²) in [5.41, 5.74) is 0.449. The lowest BCUT2D eigenvalue weighted by atomic mass is 9.55. The van der Waals surface area contributed by atoms with E-state index in [1.54, 1.807) is 0 Å². The molecule has 2 saturated carbocycles. The molecule has 19 heavy (non-hydrogen) atoms. The number of ether oxygens (including phenoxy) is 1. The average molecular weight is 281 g/mol. The molecule has 0 aromatic carbocycles. The molecule has 2 aliphatic carbocycles. The predicted octanol–water partition coefficient (Wildman–Crippen LogP) is 3.07. The van der Waals surface area contributed by atoms with Crippen molar-refractivity contribution in [1.82, 2.24) is 5.32 Å². The number of terminal acetylenes is 1. The quantitative estimate of drug-likeness (QED) is 0.572. The smallest absolute Gasteiger partial charge is 0.0661 e. The Morgan fingerprint density at radius 2 is 2.16 bits per heavy atom. The molecule has 0 amide bonds. The van der Waals surface area contributed by atoms with Gasteiger partial charge in [0.25, 0.3) is 0 Å². The van der Waals surface area contributed by atoms with Crippen molar-refractivity contribution in [3.63, 3.8) is 0 Å². The van der Waals surface area contributed by atoms with Crippen molar-refractivity contribution in [2.75, 3.05) is 24.7 Å². The second-order valence-electron chi connectivity index (χ2n) is 5.74. The number of nitrogens with one attached hydrogen (secondary N) is 1. The second kappa shape index (κ2) is 7.57. The van der Waals surface area contributed by atoms with E-state index in [0.717, 1.165) is 24.7 Å². The third kappa shape index (κ3) is 3.48. The van der Waals surface area contributed by atoms with Crippen LogP contribution in [0.3, 0.4) is 0 Å². The fourth-order valence-corrected chi connectivity index (χ4v) is 4.31. The molecule has 2 fully saturated rings. The molecule has 1 N–H and O–H groups in total. The fourth-order valence-electron chi connectivity index (χ4n) is 3.79. The molecule has 3 heteroatoms. The van der Waals surface area contributed by atoms with Gasteiger partial charge in [0.15, 0.2) is 0 Å². The second-order valence-corrected chi connectivity index (χ2v) is 6.84. The van der Waals surface area contributed by atoms with Gasteiger partial charge in [-0.25, -0.2) is 0 Å². The van der Waals surface area contributed by atoms with Gasteiger partial charge in [0.1, 0.15) is 0 Å². The van der Waals surface area contributed by atoms with Crippen LogP contribution in [0.2, 0.25) is 0 Å². The number of hydrogen-bond acceptors (Lipinski definition) is 3. The molecule has 0 heterocycles. The minimum absolute atomic E-state index is 0.449. The Kier molecular flexibility index (Phi) is 6.06. The van der Waals surface area contributed by atoms with Crippen LogP contribution in [0.1, 0.15) is 45.4 Å². The van der Waals surface area contributed by atoms with Crippen LogP contribution in [0.5, 0.6) is 0 Å². The van der Waals surface area contributed by atoms with Gasteiger partial charge >= 0.3 is 0 Å². The van der Waals surface area contributed by atoms with Crippen molar-refractivity contribution in [1.29, 1.82) is 0 Å². The highest BCUT2D eigenvalue weighted by Gasteiger charge is 2.55. The van der Waals surface area contributed by atoms with Crippen molar-refractivity contribution in [3.8, 4) is 12.3 Å². The third-order valence-corrected chi connectivity index (χ3v) is 5.62. The molecule has 1 spiro atoms. The van der Waals surface area contributed by atoms with Crippen molar-refractivity contribution in [2.24, 2.45) is 5.41 Å². The fraction of sp³-hybridized carbons (Fsp3) is 0.875. The molecule has 0 radical (unpaired) electrons. The van der Waals surface area contributed by atoms with Gasteiger partial charge in [-0.2, -0.15) is 0 Å². The molecule has 108 valence electrons. The van der Waals surface area contributed by atoms with E-state index in [1.807, 2.05) is 11.8 Å². The first-order chi connectivity index (χ1) is 9.33. The minimum Gasteiger partial charge on any atom is -0.378 e.